The molecule has 2 rings (SSSR count). The molecule has 0 spiro atoms. The van der Waals surface area contributed by atoms with Gasteiger partial charge in [-0.3, -0.25) is 4.79 Å². The Bertz CT molecular complexity index is 459. The van der Waals surface area contributed by atoms with E-state index in [0.29, 0.717) is 29.5 Å². The number of rotatable bonds is 5. The molecule has 4 nitrogen and oxygen atoms in total. The van der Waals surface area contributed by atoms with E-state index < -0.39 is 0 Å². The first kappa shape index (κ1) is 13.9. The van der Waals surface area contributed by atoms with Crippen LogP contribution >= 0.6 is 0 Å². The molecule has 1 saturated carbocycles. The second-order valence-corrected chi connectivity index (χ2v) is 4.96. The van der Waals surface area contributed by atoms with Gasteiger partial charge < -0.3 is 15.2 Å². The maximum Gasteiger partial charge on any atom is 0.170 e. The molecule has 1 aliphatic rings. The first-order valence-corrected chi connectivity index (χ1v) is 6.67. The van der Waals surface area contributed by atoms with Crippen LogP contribution in [0.15, 0.2) is 18.2 Å². The van der Waals surface area contributed by atoms with E-state index >= 15 is 0 Å². The van der Waals surface area contributed by atoms with Crippen LogP contribution in [0.4, 0.5) is 0 Å². The Labute approximate surface area is 113 Å². The molecule has 0 heterocycles. The van der Waals surface area contributed by atoms with Crippen molar-refractivity contribution in [2.75, 3.05) is 20.8 Å². The highest BCUT2D eigenvalue weighted by atomic mass is 16.5. The summed E-state index contributed by atoms with van der Waals surface area (Å²) in [5.41, 5.74) is 6.36. The van der Waals surface area contributed by atoms with E-state index in [9.17, 15) is 4.79 Å². The van der Waals surface area contributed by atoms with Gasteiger partial charge in [0.1, 0.15) is 11.5 Å². The Hall–Kier alpha value is -1.55. The second kappa shape index (κ2) is 6.06. The van der Waals surface area contributed by atoms with Crippen LogP contribution in [0.2, 0.25) is 0 Å². The number of ether oxygens (including phenoxy) is 2. The minimum absolute atomic E-state index is 0.0195. The third kappa shape index (κ3) is 2.73. The van der Waals surface area contributed by atoms with Gasteiger partial charge in [-0.25, -0.2) is 0 Å². The average molecular weight is 263 g/mol. The highest BCUT2D eigenvalue weighted by molar-refractivity contribution is 6.01. The largest absolute Gasteiger partial charge is 0.497 e. The van der Waals surface area contributed by atoms with Crippen molar-refractivity contribution in [2.24, 2.45) is 17.6 Å². The zero-order valence-corrected chi connectivity index (χ0v) is 11.5. The monoisotopic (exact) mass is 263 g/mol. The van der Waals surface area contributed by atoms with E-state index in [2.05, 4.69) is 0 Å². The third-order valence-electron chi connectivity index (χ3n) is 3.97. The topological polar surface area (TPSA) is 61.5 Å². The molecule has 1 aromatic carbocycles. The Morgan fingerprint density at radius 2 is 2.11 bits per heavy atom. The van der Waals surface area contributed by atoms with E-state index in [-0.39, 0.29) is 11.7 Å². The molecular weight excluding hydrogens is 242 g/mol. The number of ketones is 1. The van der Waals surface area contributed by atoms with Crippen LogP contribution < -0.4 is 15.2 Å². The Morgan fingerprint density at radius 3 is 2.74 bits per heavy atom. The first-order valence-electron chi connectivity index (χ1n) is 6.67. The number of methoxy groups -OCH3 is 2. The zero-order valence-electron chi connectivity index (χ0n) is 11.5. The fourth-order valence-electron chi connectivity index (χ4n) is 2.87. The summed E-state index contributed by atoms with van der Waals surface area (Å²) in [6.07, 6.45) is 3.03. The van der Waals surface area contributed by atoms with Gasteiger partial charge in [0.2, 0.25) is 0 Å². The van der Waals surface area contributed by atoms with Crippen molar-refractivity contribution in [1.82, 2.24) is 0 Å². The van der Waals surface area contributed by atoms with E-state index in [1.54, 1.807) is 32.4 Å². The van der Waals surface area contributed by atoms with Crippen molar-refractivity contribution < 1.29 is 14.3 Å². The number of Topliss-reactive ketones (excluding diaryl/α,β-unsaturated/α-hetero) is 1. The second-order valence-electron chi connectivity index (χ2n) is 4.96. The van der Waals surface area contributed by atoms with E-state index in [1.165, 1.54) is 0 Å². The molecule has 2 unspecified atom stereocenters. The normalized spacial score (nSPS) is 22.3. The van der Waals surface area contributed by atoms with Crippen molar-refractivity contribution in [3.63, 3.8) is 0 Å². The van der Waals surface area contributed by atoms with Crippen LogP contribution in [-0.2, 0) is 0 Å². The van der Waals surface area contributed by atoms with E-state index in [0.717, 1.165) is 19.3 Å². The smallest absolute Gasteiger partial charge is 0.170 e. The summed E-state index contributed by atoms with van der Waals surface area (Å²) in [6, 6.07) is 5.33. The van der Waals surface area contributed by atoms with Crippen molar-refractivity contribution in [1.29, 1.82) is 0 Å². The summed E-state index contributed by atoms with van der Waals surface area (Å²) in [5, 5.41) is 0. The lowest BCUT2D eigenvalue weighted by Gasteiger charge is -2.18. The lowest BCUT2D eigenvalue weighted by atomic mass is 9.88. The van der Waals surface area contributed by atoms with Gasteiger partial charge in [0, 0.05) is 5.92 Å². The van der Waals surface area contributed by atoms with Gasteiger partial charge in [-0.1, -0.05) is 6.42 Å². The summed E-state index contributed by atoms with van der Waals surface area (Å²) in [6.45, 7) is 0.572. The predicted molar refractivity (Wildman–Crippen MR) is 73.8 cm³/mol. The number of carbonyl (C=O) groups excluding carboxylic acids is 1. The molecule has 1 aliphatic carbocycles. The summed E-state index contributed by atoms with van der Waals surface area (Å²) in [4.78, 5) is 12.7. The quantitative estimate of drug-likeness (QED) is 0.828. The van der Waals surface area contributed by atoms with Crippen molar-refractivity contribution >= 4 is 5.78 Å². The summed E-state index contributed by atoms with van der Waals surface area (Å²) in [5.74, 6) is 1.72. The number of carbonyl (C=O) groups is 1. The zero-order chi connectivity index (χ0) is 13.8. The molecule has 0 saturated heterocycles. The Balaban J connectivity index is 2.31. The maximum absolute atomic E-state index is 12.7. The summed E-state index contributed by atoms with van der Waals surface area (Å²) in [7, 11) is 3.17. The van der Waals surface area contributed by atoms with Gasteiger partial charge >= 0.3 is 0 Å². The minimum Gasteiger partial charge on any atom is -0.497 e. The molecule has 0 amide bonds. The third-order valence-corrected chi connectivity index (χ3v) is 3.97. The molecule has 1 fully saturated rings. The number of nitrogens with two attached hydrogens (primary N) is 1. The first-order chi connectivity index (χ1) is 9.21. The van der Waals surface area contributed by atoms with E-state index in [4.69, 9.17) is 15.2 Å². The number of hydrogen-bond donors (Lipinski definition) is 1. The van der Waals surface area contributed by atoms with E-state index in [1.807, 2.05) is 0 Å². The Morgan fingerprint density at radius 1 is 1.32 bits per heavy atom. The van der Waals surface area contributed by atoms with Crippen LogP contribution in [0, 0.1) is 11.8 Å². The predicted octanol–water partition coefficient (Wildman–Crippen LogP) is 2.26. The fourth-order valence-corrected chi connectivity index (χ4v) is 2.87. The lowest BCUT2D eigenvalue weighted by molar-refractivity contribution is 0.0890. The minimum atomic E-state index is 0.0195. The van der Waals surface area contributed by atoms with Crippen LogP contribution in [0.25, 0.3) is 0 Å². The van der Waals surface area contributed by atoms with Crippen molar-refractivity contribution in [3.8, 4) is 11.5 Å². The van der Waals surface area contributed by atoms with Gasteiger partial charge in [0.25, 0.3) is 0 Å². The molecule has 4 heteroatoms. The SMILES string of the molecule is COc1ccc(OC)c(C(=O)C2CCCC2CN)c1. The van der Waals surface area contributed by atoms with Crippen LogP contribution in [-0.4, -0.2) is 26.5 Å². The van der Waals surface area contributed by atoms with Gasteiger partial charge in [0.05, 0.1) is 19.8 Å². The molecule has 0 aromatic heterocycles. The van der Waals surface area contributed by atoms with Gasteiger partial charge in [0.15, 0.2) is 5.78 Å². The molecular formula is C15H21NO3. The average Bonchev–Trinajstić information content (AvgIpc) is 2.94. The lowest BCUT2D eigenvalue weighted by Crippen LogP contribution is -2.25. The van der Waals surface area contributed by atoms with Gasteiger partial charge in [-0.15, -0.1) is 0 Å². The van der Waals surface area contributed by atoms with Crippen LogP contribution in [0.5, 0.6) is 11.5 Å². The molecule has 2 N–H and O–H groups in total. The molecule has 0 aliphatic heterocycles. The molecule has 2 atom stereocenters. The van der Waals surface area contributed by atoms with Crippen LogP contribution in [0.3, 0.4) is 0 Å². The van der Waals surface area contributed by atoms with Crippen molar-refractivity contribution in [3.05, 3.63) is 23.8 Å². The Kier molecular flexibility index (Phi) is 4.43. The molecule has 0 radical (unpaired) electrons. The van der Waals surface area contributed by atoms with Gasteiger partial charge in [-0.2, -0.15) is 0 Å². The molecule has 0 bridgehead atoms. The van der Waals surface area contributed by atoms with Crippen molar-refractivity contribution in [2.45, 2.75) is 19.3 Å². The fraction of sp³-hybridized carbons (Fsp3) is 0.533. The highest BCUT2D eigenvalue weighted by Gasteiger charge is 2.33. The maximum atomic E-state index is 12.7. The summed E-state index contributed by atoms with van der Waals surface area (Å²) < 4.78 is 10.5. The number of hydrogen-bond acceptors (Lipinski definition) is 4. The molecule has 104 valence electrons. The molecule has 19 heavy (non-hydrogen) atoms. The van der Waals surface area contributed by atoms with Gasteiger partial charge in [-0.05, 0) is 43.5 Å². The standard InChI is InChI=1S/C15H21NO3/c1-18-11-6-7-14(19-2)13(8-11)15(17)12-5-3-4-10(12)9-16/h6-8,10,12H,3-5,9,16H2,1-2H3. The summed E-state index contributed by atoms with van der Waals surface area (Å²) >= 11 is 0. The van der Waals surface area contributed by atoms with Crippen LogP contribution in [0.1, 0.15) is 29.6 Å². The molecule has 1 aromatic rings. The highest BCUT2D eigenvalue weighted by Crippen LogP contribution is 2.36. The number of benzene rings is 1.